The Balaban J connectivity index is 1.96. The van der Waals surface area contributed by atoms with Crippen LogP contribution >= 0.6 is 0 Å². The van der Waals surface area contributed by atoms with Crippen LogP contribution in [0.4, 0.5) is 0 Å². The van der Waals surface area contributed by atoms with Crippen molar-refractivity contribution >= 4 is 5.91 Å². The number of hydrogen-bond acceptors (Lipinski definition) is 2. The topological polar surface area (TPSA) is 41.1 Å². The van der Waals surface area contributed by atoms with E-state index in [4.69, 9.17) is 0 Å². The third-order valence-electron chi connectivity index (χ3n) is 4.41. The minimum absolute atomic E-state index is 0.0357. The Labute approximate surface area is 128 Å². The molecule has 1 aliphatic heterocycles. The summed E-state index contributed by atoms with van der Waals surface area (Å²) in [6.07, 6.45) is 2.39. The first-order chi connectivity index (χ1) is 9.88. The van der Waals surface area contributed by atoms with E-state index in [1.54, 1.807) is 0 Å². The molecular weight excluding hydrogens is 260 g/mol. The summed E-state index contributed by atoms with van der Waals surface area (Å²) in [5.74, 6) is 0.574. The van der Waals surface area contributed by atoms with Gasteiger partial charge in [0.05, 0.1) is 0 Å². The highest BCUT2D eigenvalue weighted by molar-refractivity contribution is 5.94. The van der Waals surface area contributed by atoms with Crippen molar-refractivity contribution in [3.05, 3.63) is 35.4 Å². The first-order valence-corrected chi connectivity index (χ1v) is 8.00. The van der Waals surface area contributed by atoms with Crippen LogP contribution in [0.2, 0.25) is 0 Å². The van der Waals surface area contributed by atoms with E-state index in [0.717, 1.165) is 18.7 Å². The molecule has 1 fully saturated rings. The molecule has 1 amide bonds. The van der Waals surface area contributed by atoms with Crippen LogP contribution in [0, 0.1) is 5.92 Å². The van der Waals surface area contributed by atoms with Crippen LogP contribution in [0.25, 0.3) is 0 Å². The van der Waals surface area contributed by atoms with Crippen LogP contribution in [0.5, 0.6) is 0 Å². The zero-order chi connectivity index (χ0) is 15.5. The standard InChI is InChI=1S/C18H28N2O/c1-13(15-6-5-11-19-12-15)20-17(21)14-7-9-16(10-8-14)18(2,3)4/h7-10,13,15,19H,5-6,11-12H2,1-4H3,(H,20,21). The molecule has 116 valence electrons. The van der Waals surface area contributed by atoms with Gasteiger partial charge in [-0.05, 0) is 61.9 Å². The van der Waals surface area contributed by atoms with Crippen molar-refractivity contribution in [1.82, 2.24) is 10.6 Å². The summed E-state index contributed by atoms with van der Waals surface area (Å²) in [6, 6.07) is 8.19. The van der Waals surface area contributed by atoms with E-state index in [2.05, 4.69) is 50.5 Å². The Morgan fingerprint density at radius 2 is 1.95 bits per heavy atom. The molecule has 0 spiro atoms. The lowest BCUT2D eigenvalue weighted by molar-refractivity contribution is 0.0922. The molecule has 3 heteroatoms. The van der Waals surface area contributed by atoms with Gasteiger partial charge >= 0.3 is 0 Å². The summed E-state index contributed by atoms with van der Waals surface area (Å²) in [4.78, 5) is 12.3. The van der Waals surface area contributed by atoms with Gasteiger partial charge in [-0.1, -0.05) is 32.9 Å². The summed E-state index contributed by atoms with van der Waals surface area (Å²) in [6.45, 7) is 10.8. The minimum atomic E-state index is 0.0357. The van der Waals surface area contributed by atoms with Gasteiger partial charge < -0.3 is 10.6 Å². The number of benzene rings is 1. The van der Waals surface area contributed by atoms with Crippen molar-refractivity contribution in [2.45, 2.75) is 52.0 Å². The van der Waals surface area contributed by atoms with Crippen molar-refractivity contribution < 1.29 is 4.79 Å². The molecule has 2 N–H and O–H groups in total. The summed E-state index contributed by atoms with van der Waals surface area (Å²) in [5.41, 5.74) is 2.12. The fourth-order valence-corrected chi connectivity index (χ4v) is 2.84. The Bertz CT molecular complexity index is 467. The molecule has 1 aromatic rings. The average Bonchev–Trinajstić information content (AvgIpc) is 2.47. The first kappa shape index (κ1) is 16.0. The largest absolute Gasteiger partial charge is 0.349 e. The number of piperidine rings is 1. The highest BCUT2D eigenvalue weighted by Gasteiger charge is 2.22. The molecule has 0 saturated carbocycles. The number of carbonyl (C=O) groups is 1. The predicted molar refractivity (Wildman–Crippen MR) is 87.7 cm³/mol. The second-order valence-corrected chi connectivity index (χ2v) is 7.20. The van der Waals surface area contributed by atoms with Gasteiger partial charge in [0.15, 0.2) is 0 Å². The Morgan fingerprint density at radius 3 is 2.48 bits per heavy atom. The molecule has 2 atom stereocenters. The predicted octanol–water partition coefficient (Wildman–Crippen LogP) is 3.10. The SMILES string of the molecule is CC(NC(=O)c1ccc(C(C)(C)C)cc1)C1CCCNC1. The van der Waals surface area contributed by atoms with Crippen LogP contribution in [-0.2, 0) is 5.41 Å². The monoisotopic (exact) mass is 288 g/mol. The molecule has 1 heterocycles. The van der Waals surface area contributed by atoms with Gasteiger partial charge in [-0.2, -0.15) is 0 Å². The minimum Gasteiger partial charge on any atom is -0.349 e. The maximum atomic E-state index is 12.3. The lowest BCUT2D eigenvalue weighted by atomic mass is 9.86. The number of amides is 1. The van der Waals surface area contributed by atoms with Gasteiger partial charge in [0.1, 0.15) is 0 Å². The second-order valence-electron chi connectivity index (χ2n) is 7.20. The lowest BCUT2D eigenvalue weighted by Gasteiger charge is -2.29. The fraction of sp³-hybridized carbons (Fsp3) is 0.611. The molecule has 0 aromatic heterocycles. The zero-order valence-electron chi connectivity index (χ0n) is 13.7. The molecular formula is C18H28N2O. The number of carbonyl (C=O) groups excluding carboxylic acids is 1. The summed E-state index contributed by atoms with van der Waals surface area (Å²) in [7, 11) is 0. The quantitative estimate of drug-likeness (QED) is 0.897. The molecule has 0 bridgehead atoms. The van der Waals surface area contributed by atoms with Gasteiger partial charge in [-0.3, -0.25) is 4.79 Å². The maximum absolute atomic E-state index is 12.3. The van der Waals surface area contributed by atoms with Gasteiger partial charge in [0.2, 0.25) is 0 Å². The van der Waals surface area contributed by atoms with E-state index in [1.807, 2.05) is 12.1 Å². The summed E-state index contributed by atoms with van der Waals surface area (Å²) in [5, 5.41) is 6.55. The zero-order valence-corrected chi connectivity index (χ0v) is 13.7. The van der Waals surface area contributed by atoms with Gasteiger partial charge in [-0.15, -0.1) is 0 Å². The number of rotatable bonds is 3. The lowest BCUT2D eigenvalue weighted by Crippen LogP contribution is -2.44. The second kappa shape index (κ2) is 6.61. The van der Waals surface area contributed by atoms with Crippen LogP contribution in [-0.4, -0.2) is 25.0 Å². The van der Waals surface area contributed by atoms with Crippen LogP contribution < -0.4 is 10.6 Å². The molecule has 2 unspecified atom stereocenters. The summed E-state index contributed by atoms with van der Waals surface area (Å²) >= 11 is 0. The first-order valence-electron chi connectivity index (χ1n) is 8.00. The Kier molecular flexibility index (Phi) is 5.04. The van der Waals surface area contributed by atoms with Crippen molar-refractivity contribution in [3.63, 3.8) is 0 Å². The Morgan fingerprint density at radius 1 is 1.29 bits per heavy atom. The molecule has 0 radical (unpaired) electrons. The van der Waals surface area contributed by atoms with Crippen molar-refractivity contribution in [2.75, 3.05) is 13.1 Å². The van der Waals surface area contributed by atoms with E-state index in [9.17, 15) is 4.79 Å². The highest BCUT2D eigenvalue weighted by atomic mass is 16.1. The molecule has 21 heavy (non-hydrogen) atoms. The smallest absolute Gasteiger partial charge is 0.251 e. The highest BCUT2D eigenvalue weighted by Crippen LogP contribution is 2.22. The number of nitrogens with one attached hydrogen (secondary N) is 2. The van der Waals surface area contributed by atoms with Crippen molar-refractivity contribution in [2.24, 2.45) is 5.92 Å². The van der Waals surface area contributed by atoms with Gasteiger partial charge in [-0.25, -0.2) is 0 Å². The van der Waals surface area contributed by atoms with Crippen LogP contribution in [0.1, 0.15) is 56.5 Å². The van der Waals surface area contributed by atoms with E-state index >= 15 is 0 Å². The summed E-state index contributed by atoms with van der Waals surface area (Å²) < 4.78 is 0. The van der Waals surface area contributed by atoms with Crippen LogP contribution in [0.15, 0.2) is 24.3 Å². The molecule has 3 nitrogen and oxygen atoms in total. The molecule has 1 aliphatic rings. The van der Waals surface area contributed by atoms with E-state index < -0.39 is 0 Å². The third kappa shape index (κ3) is 4.31. The van der Waals surface area contributed by atoms with Crippen LogP contribution in [0.3, 0.4) is 0 Å². The van der Waals surface area contributed by atoms with E-state index in [0.29, 0.717) is 5.92 Å². The van der Waals surface area contributed by atoms with Crippen molar-refractivity contribution in [1.29, 1.82) is 0 Å². The third-order valence-corrected chi connectivity index (χ3v) is 4.41. The molecule has 2 rings (SSSR count). The molecule has 1 saturated heterocycles. The fourth-order valence-electron chi connectivity index (χ4n) is 2.84. The average molecular weight is 288 g/mol. The maximum Gasteiger partial charge on any atom is 0.251 e. The van der Waals surface area contributed by atoms with Crippen molar-refractivity contribution in [3.8, 4) is 0 Å². The normalized spacial score (nSPS) is 20.9. The molecule has 1 aromatic carbocycles. The van der Waals surface area contributed by atoms with Gasteiger partial charge in [0, 0.05) is 11.6 Å². The van der Waals surface area contributed by atoms with E-state index in [1.165, 1.54) is 18.4 Å². The van der Waals surface area contributed by atoms with Gasteiger partial charge in [0.25, 0.3) is 5.91 Å². The number of hydrogen-bond donors (Lipinski definition) is 2. The van der Waals surface area contributed by atoms with E-state index in [-0.39, 0.29) is 17.4 Å². The molecule has 0 aliphatic carbocycles. The Hall–Kier alpha value is -1.35.